The highest BCUT2D eigenvalue weighted by Gasteiger charge is 2.12. The van der Waals surface area contributed by atoms with E-state index in [1.807, 2.05) is 0 Å². The highest BCUT2D eigenvalue weighted by Crippen LogP contribution is 2.33. The highest BCUT2D eigenvalue weighted by atomic mass is 19.1. The summed E-state index contributed by atoms with van der Waals surface area (Å²) in [6.45, 7) is 0.348. The first-order valence-corrected chi connectivity index (χ1v) is 9.77. The minimum atomic E-state index is -0.604. The number of ether oxygens (including phenoxy) is 2. The van der Waals surface area contributed by atoms with E-state index in [9.17, 15) is 9.18 Å². The molecule has 4 rings (SSSR count). The molecule has 0 atom stereocenters. The van der Waals surface area contributed by atoms with E-state index < -0.39 is 5.82 Å². The summed E-state index contributed by atoms with van der Waals surface area (Å²) < 4.78 is 25.3. The van der Waals surface area contributed by atoms with Gasteiger partial charge in [-0.2, -0.15) is 4.98 Å². The lowest BCUT2D eigenvalue weighted by Crippen LogP contribution is -2.27. The third-order valence-electron chi connectivity index (χ3n) is 4.46. The summed E-state index contributed by atoms with van der Waals surface area (Å²) in [7, 11) is 3.32. The van der Waals surface area contributed by atoms with Crippen LogP contribution in [0.2, 0.25) is 0 Å². The van der Waals surface area contributed by atoms with Crippen LogP contribution in [0.5, 0.6) is 11.5 Å². The van der Waals surface area contributed by atoms with Gasteiger partial charge in [-0.05, 0) is 30.3 Å². The first-order chi connectivity index (χ1) is 15.5. The van der Waals surface area contributed by atoms with Crippen molar-refractivity contribution in [2.24, 2.45) is 4.99 Å². The first-order valence-electron chi connectivity index (χ1n) is 9.77. The number of nitrogens with zero attached hydrogens (tertiary/aromatic N) is 4. The fraction of sp³-hybridized carbons (Fsp3) is 0.182. The Hall–Kier alpha value is -4.21. The Bertz CT molecular complexity index is 1170. The van der Waals surface area contributed by atoms with Crippen molar-refractivity contribution in [3.8, 4) is 11.5 Å². The third-order valence-corrected chi connectivity index (χ3v) is 4.46. The molecule has 1 aliphatic rings. The second-order valence-electron chi connectivity index (χ2n) is 7.05. The zero-order valence-corrected chi connectivity index (χ0v) is 17.5. The monoisotopic (exact) mass is 436 g/mol. The number of aromatic nitrogens is 2. The average Bonchev–Trinajstić information content (AvgIpc) is 2.80. The molecule has 164 valence electrons. The molecule has 0 aliphatic carbocycles. The number of hydrogen-bond donors (Lipinski definition) is 2. The zero-order chi connectivity index (χ0) is 22.5. The van der Waals surface area contributed by atoms with Crippen LogP contribution in [-0.4, -0.2) is 54.3 Å². The molecule has 0 unspecified atom stereocenters. The SMILES string of the molecule is CN(C)C(=O)COc1cccc(Nc2ncc(F)c(Nc3ccc4c(c3)N=CCO4)n2)c1. The molecule has 32 heavy (non-hydrogen) atoms. The third kappa shape index (κ3) is 5.09. The van der Waals surface area contributed by atoms with Crippen molar-refractivity contribution >= 4 is 41.0 Å². The van der Waals surface area contributed by atoms with E-state index in [-0.39, 0.29) is 24.3 Å². The van der Waals surface area contributed by atoms with Crippen molar-refractivity contribution in [3.05, 3.63) is 54.5 Å². The molecule has 2 heterocycles. The second-order valence-corrected chi connectivity index (χ2v) is 7.05. The molecule has 0 fully saturated rings. The summed E-state index contributed by atoms with van der Waals surface area (Å²) in [6.07, 6.45) is 2.74. The first kappa shape index (κ1) is 21.0. The van der Waals surface area contributed by atoms with Gasteiger partial charge in [0.25, 0.3) is 5.91 Å². The van der Waals surface area contributed by atoms with Gasteiger partial charge < -0.3 is 25.0 Å². The van der Waals surface area contributed by atoms with Crippen LogP contribution in [0.4, 0.5) is 33.2 Å². The number of likely N-dealkylation sites (N-methyl/N-ethyl adjacent to an activating group) is 1. The fourth-order valence-corrected chi connectivity index (χ4v) is 2.80. The molecule has 9 nitrogen and oxygen atoms in total. The van der Waals surface area contributed by atoms with Crippen molar-refractivity contribution < 1.29 is 18.7 Å². The molecule has 1 aromatic heterocycles. The van der Waals surface area contributed by atoms with E-state index >= 15 is 0 Å². The van der Waals surface area contributed by atoms with Gasteiger partial charge in [-0.3, -0.25) is 9.79 Å². The zero-order valence-electron chi connectivity index (χ0n) is 17.5. The van der Waals surface area contributed by atoms with Gasteiger partial charge in [0, 0.05) is 37.8 Å². The molecule has 0 radical (unpaired) electrons. The van der Waals surface area contributed by atoms with Gasteiger partial charge in [0.1, 0.15) is 23.8 Å². The van der Waals surface area contributed by atoms with Crippen molar-refractivity contribution in [1.29, 1.82) is 0 Å². The van der Waals surface area contributed by atoms with E-state index in [0.29, 0.717) is 35.2 Å². The number of rotatable bonds is 7. The lowest BCUT2D eigenvalue weighted by molar-refractivity contribution is -0.130. The quantitative estimate of drug-likeness (QED) is 0.583. The summed E-state index contributed by atoms with van der Waals surface area (Å²) in [5.41, 5.74) is 1.88. The molecular weight excluding hydrogens is 415 g/mol. The van der Waals surface area contributed by atoms with Crippen LogP contribution in [0.3, 0.4) is 0 Å². The van der Waals surface area contributed by atoms with Crippen LogP contribution in [0, 0.1) is 5.82 Å². The molecule has 2 aromatic carbocycles. The fourth-order valence-electron chi connectivity index (χ4n) is 2.80. The number of nitrogens with one attached hydrogen (secondary N) is 2. The van der Waals surface area contributed by atoms with Gasteiger partial charge in [0.15, 0.2) is 18.2 Å². The molecule has 0 saturated carbocycles. The number of hydrogen-bond acceptors (Lipinski definition) is 8. The smallest absolute Gasteiger partial charge is 0.259 e. The standard InChI is InChI=1S/C22H21FN6O3/c1-29(2)20(30)13-32-16-5-3-4-14(10-16)27-22-25-12-17(23)21(28-22)26-15-6-7-19-18(11-15)24-8-9-31-19/h3-8,10-12H,9,13H2,1-2H3,(H2,25,26,27,28). The van der Waals surface area contributed by atoms with E-state index in [4.69, 9.17) is 9.47 Å². The molecule has 2 N–H and O–H groups in total. The Balaban J connectivity index is 1.47. The van der Waals surface area contributed by atoms with Gasteiger partial charge in [0.05, 0.1) is 6.20 Å². The van der Waals surface area contributed by atoms with Gasteiger partial charge in [-0.1, -0.05) is 6.07 Å². The summed E-state index contributed by atoms with van der Waals surface area (Å²) in [6, 6.07) is 12.2. The number of fused-ring (bicyclic) bond motifs is 1. The predicted octanol–water partition coefficient (Wildman–Crippen LogP) is 3.66. The van der Waals surface area contributed by atoms with Crippen LogP contribution in [0.1, 0.15) is 0 Å². The maximum atomic E-state index is 14.3. The topological polar surface area (TPSA) is 101 Å². The maximum absolute atomic E-state index is 14.3. The van der Waals surface area contributed by atoms with E-state index in [1.165, 1.54) is 4.90 Å². The lowest BCUT2D eigenvalue weighted by Gasteiger charge is -2.14. The largest absolute Gasteiger partial charge is 0.486 e. The van der Waals surface area contributed by atoms with E-state index in [0.717, 1.165) is 6.20 Å². The van der Waals surface area contributed by atoms with E-state index in [1.54, 1.807) is 62.8 Å². The summed E-state index contributed by atoms with van der Waals surface area (Å²) >= 11 is 0. The number of carbonyl (C=O) groups excluding carboxylic acids is 1. The summed E-state index contributed by atoms with van der Waals surface area (Å²) in [5, 5.41) is 5.95. The molecule has 0 bridgehead atoms. The van der Waals surface area contributed by atoms with Crippen molar-refractivity contribution in [2.45, 2.75) is 0 Å². The summed E-state index contributed by atoms with van der Waals surface area (Å²) in [4.78, 5) is 25.6. The Kier molecular flexibility index (Phi) is 6.11. The summed E-state index contributed by atoms with van der Waals surface area (Å²) in [5.74, 6) is 0.606. The van der Waals surface area contributed by atoms with Gasteiger partial charge in [-0.25, -0.2) is 9.37 Å². The average molecular weight is 436 g/mol. The normalized spacial score (nSPS) is 11.8. The van der Waals surface area contributed by atoms with Crippen LogP contribution in [0.15, 0.2) is 53.7 Å². The van der Waals surface area contributed by atoms with Crippen LogP contribution < -0.4 is 20.1 Å². The van der Waals surface area contributed by atoms with Crippen molar-refractivity contribution in [3.63, 3.8) is 0 Å². The molecule has 1 amide bonds. The number of carbonyl (C=O) groups is 1. The van der Waals surface area contributed by atoms with Gasteiger partial charge in [0.2, 0.25) is 5.95 Å². The van der Waals surface area contributed by atoms with Crippen LogP contribution in [-0.2, 0) is 4.79 Å². The van der Waals surface area contributed by atoms with Crippen LogP contribution in [0.25, 0.3) is 0 Å². The number of amides is 1. The van der Waals surface area contributed by atoms with Gasteiger partial charge in [-0.15, -0.1) is 0 Å². The molecule has 10 heteroatoms. The number of benzene rings is 2. The highest BCUT2D eigenvalue weighted by molar-refractivity contribution is 5.77. The minimum absolute atomic E-state index is 0.00661. The maximum Gasteiger partial charge on any atom is 0.259 e. The van der Waals surface area contributed by atoms with E-state index in [2.05, 4.69) is 25.6 Å². The predicted molar refractivity (Wildman–Crippen MR) is 119 cm³/mol. The van der Waals surface area contributed by atoms with Crippen LogP contribution >= 0.6 is 0 Å². The lowest BCUT2D eigenvalue weighted by atomic mass is 10.2. The van der Waals surface area contributed by atoms with Crippen molar-refractivity contribution in [2.75, 3.05) is 37.9 Å². The molecule has 0 saturated heterocycles. The van der Waals surface area contributed by atoms with Gasteiger partial charge >= 0.3 is 0 Å². The molecule has 3 aromatic rings. The second kappa shape index (κ2) is 9.29. The molecular formula is C22H21FN6O3. The Labute approximate surface area is 183 Å². The number of anilines is 4. The Morgan fingerprint density at radius 2 is 2.03 bits per heavy atom. The molecule has 0 spiro atoms. The Morgan fingerprint density at radius 3 is 2.88 bits per heavy atom. The minimum Gasteiger partial charge on any atom is -0.486 e. The number of halogens is 1. The molecule has 1 aliphatic heterocycles. The van der Waals surface area contributed by atoms with Crippen molar-refractivity contribution in [1.82, 2.24) is 14.9 Å². The Morgan fingerprint density at radius 1 is 1.19 bits per heavy atom. The number of aliphatic imine (C=N–C) groups is 1.